The van der Waals surface area contributed by atoms with E-state index in [2.05, 4.69) is 37.7 Å². The number of nitrogens with one attached hydrogen (secondary N) is 1. The van der Waals surface area contributed by atoms with Gasteiger partial charge in [0.05, 0.1) is 11.5 Å². The lowest BCUT2D eigenvalue weighted by atomic mass is 10.1. The molecule has 3 fully saturated rings. The van der Waals surface area contributed by atoms with Crippen LogP contribution in [0.3, 0.4) is 0 Å². The molecule has 2 aromatic heterocycles. The first kappa shape index (κ1) is 11.9. The number of H-pyrrole nitrogens is 1. The molecule has 2 unspecified atom stereocenters. The van der Waals surface area contributed by atoms with E-state index >= 15 is 0 Å². The molecule has 1 aliphatic carbocycles. The summed E-state index contributed by atoms with van der Waals surface area (Å²) in [5.74, 6) is 1.07. The number of piperazine rings is 1. The standard InChI is InChI=1S/C15H19N5O/c1-10-14(21-10)20-7-6-19(8-15(20)3-4-15)13-11-2-5-16-12(11)17-9-18-13/h2,5,9-10,14H,3-4,6-8H2,1H3,(H,16,17,18). The highest BCUT2D eigenvalue weighted by atomic mass is 16.6. The normalized spacial score (nSPS) is 31.0. The molecule has 6 nitrogen and oxygen atoms in total. The van der Waals surface area contributed by atoms with Crippen molar-refractivity contribution in [2.45, 2.75) is 37.6 Å². The molecular formula is C15H19N5O. The topological polar surface area (TPSA) is 60.6 Å². The Morgan fingerprint density at radius 2 is 2.19 bits per heavy atom. The number of anilines is 1. The summed E-state index contributed by atoms with van der Waals surface area (Å²) >= 11 is 0. The zero-order valence-electron chi connectivity index (χ0n) is 12.1. The summed E-state index contributed by atoms with van der Waals surface area (Å²) < 4.78 is 5.71. The number of hydrogen-bond acceptors (Lipinski definition) is 5. The maximum Gasteiger partial charge on any atom is 0.142 e. The molecule has 21 heavy (non-hydrogen) atoms. The minimum atomic E-state index is 0.321. The van der Waals surface area contributed by atoms with Gasteiger partial charge in [-0.15, -0.1) is 0 Å². The number of aromatic amines is 1. The highest BCUT2D eigenvalue weighted by Gasteiger charge is 2.58. The maximum absolute atomic E-state index is 5.71. The Hall–Kier alpha value is -1.66. The molecule has 0 amide bonds. The van der Waals surface area contributed by atoms with E-state index < -0.39 is 0 Å². The van der Waals surface area contributed by atoms with Crippen LogP contribution in [0.4, 0.5) is 5.82 Å². The highest BCUT2D eigenvalue weighted by molar-refractivity contribution is 5.87. The third-order valence-electron chi connectivity index (χ3n) is 5.15. The maximum atomic E-state index is 5.71. The Morgan fingerprint density at radius 1 is 1.33 bits per heavy atom. The van der Waals surface area contributed by atoms with Gasteiger partial charge in [0.15, 0.2) is 0 Å². The van der Waals surface area contributed by atoms with Gasteiger partial charge < -0.3 is 14.6 Å². The van der Waals surface area contributed by atoms with Crippen LogP contribution in [0.5, 0.6) is 0 Å². The summed E-state index contributed by atoms with van der Waals surface area (Å²) in [5.41, 5.74) is 1.24. The monoisotopic (exact) mass is 285 g/mol. The molecule has 2 aliphatic heterocycles. The largest absolute Gasteiger partial charge is 0.353 e. The van der Waals surface area contributed by atoms with Crippen molar-refractivity contribution in [1.29, 1.82) is 0 Å². The first-order valence-corrected chi connectivity index (χ1v) is 7.72. The van der Waals surface area contributed by atoms with Crippen LogP contribution in [0, 0.1) is 0 Å². The number of rotatable bonds is 2. The minimum absolute atomic E-state index is 0.321. The van der Waals surface area contributed by atoms with Gasteiger partial charge in [-0.25, -0.2) is 9.97 Å². The van der Waals surface area contributed by atoms with Gasteiger partial charge in [0.2, 0.25) is 0 Å². The molecule has 110 valence electrons. The molecule has 0 bridgehead atoms. The molecule has 5 rings (SSSR count). The number of ether oxygens (including phenoxy) is 1. The van der Waals surface area contributed by atoms with Gasteiger partial charge in [-0.3, -0.25) is 4.90 Å². The fourth-order valence-electron chi connectivity index (χ4n) is 3.77. The second kappa shape index (κ2) is 3.96. The third-order valence-corrected chi connectivity index (χ3v) is 5.15. The Kier molecular flexibility index (Phi) is 2.25. The quantitative estimate of drug-likeness (QED) is 0.844. The lowest BCUT2D eigenvalue weighted by Gasteiger charge is -2.42. The van der Waals surface area contributed by atoms with Gasteiger partial charge in [-0.1, -0.05) is 0 Å². The Balaban J connectivity index is 1.46. The van der Waals surface area contributed by atoms with Gasteiger partial charge in [0, 0.05) is 31.4 Å². The Morgan fingerprint density at radius 3 is 2.95 bits per heavy atom. The Labute approximate surface area is 123 Å². The number of hydrogen-bond donors (Lipinski definition) is 1. The lowest BCUT2D eigenvalue weighted by molar-refractivity contribution is 0.0940. The van der Waals surface area contributed by atoms with Gasteiger partial charge in [0.25, 0.3) is 0 Å². The molecule has 1 saturated carbocycles. The average molecular weight is 285 g/mol. The molecule has 2 saturated heterocycles. The average Bonchev–Trinajstić information content (AvgIpc) is 3.36. The van der Waals surface area contributed by atoms with Crippen molar-refractivity contribution in [1.82, 2.24) is 19.9 Å². The molecule has 6 heteroatoms. The van der Waals surface area contributed by atoms with Gasteiger partial charge in [-0.05, 0) is 25.8 Å². The van der Waals surface area contributed by atoms with Crippen molar-refractivity contribution in [3.05, 3.63) is 18.6 Å². The molecule has 4 heterocycles. The summed E-state index contributed by atoms with van der Waals surface area (Å²) in [6, 6.07) is 2.07. The van der Waals surface area contributed by atoms with Crippen molar-refractivity contribution >= 4 is 16.9 Å². The molecule has 1 N–H and O–H groups in total. The second-order valence-electron chi connectivity index (χ2n) is 6.51. The molecule has 2 atom stereocenters. The first-order valence-electron chi connectivity index (χ1n) is 7.72. The SMILES string of the molecule is CC1OC1N1CCN(c2ncnc3[nH]ccc23)CC12CC2. The van der Waals surface area contributed by atoms with Crippen LogP contribution in [0.15, 0.2) is 18.6 Å². The zero-order valence-corrected chi connectivity index (χ0v) is 12.1. The first-order chi connectivity index (χ1) is 10.3. The molecule has 3 aliphatic rings. The van der Waals surface area contributed by atoms with Gasteiger partial charge in [-0.2, -0.15) is 0 Å². The van der Waals surface area contributed by atoms with Gasteiger partial charge in [0.1, 0.15) is 24.0 Å². The van der Waals surface area contributed by atoms with E-state index in [-0.39, 0.29) is 0 Å². The van der Waals surface area contributed by atoms with E-state index in [9.17, 15) is 0 Å². The van der Waals surface area contributed by atoms with Crippen LogP contribution in [-0.2, 0) is 4.74 Å². The number of epoxide rings is 1. The number of aromatic nitrogens is 3. The summed E-state index contributed by atoms with van der Waals surface area (Å²) in [6.45, 7) is 5.29. The van der Waals surface area contributed by atoms with Crippen molar-refractivity contribution in [3.63, 3.8) is 0 Å². The molecule has 1 spiro atoms. The smallest absolute Gasteiger partial charge is 0.142 e. The van der Waals surface area contributed by atoms with Crippen molar-refractivity contribution in [2.75, 3.05) is 24.5 Å². The van der Waals surface area contributed by atoms with E-state index in [1.54, 1.807) is 6.33 Å². The predicted octanol–water partition coefficient (Wildman–Crippen LogP) is 1.36. The molecular weight excluding hydrogens is 266 g/mol. The number of nitrogens with zero attached hydrogens (tertiary/aromatic N) is 4. The van der Waals surface area contributed by atoms with E-state index in [0.29, 0.717) is 17.9 Å². The molecule has 2 aromatic rings. The van der Waals surface area contributed by atoms with Crippen LogP contribution in [0.2, 0.25) is 0 Å². The van der Waals surface area contributed by atoms with E-state index in [1.807, 2.05) is 6.20 Å². The van der Waals surface area contributed by atoms with Crippen LogP contribution in [0.1, 0.15) is 19.8 Å². The fraction of sp³-hybridized carbons (Fsp3) is 0.600. The molecule has 0 aromatic carbocycles. The summed E-state index contributed by atoms with van der Waals surface area (Å²) in [7, 11) is 0. The minimum Gasteiger partial charge on any atom is -0.353 e. The summed E-state index contributed by atoms with van der Waals surface area (Å²) in [5, 5.41) is 1.12. The van der Waals surface area contributed by atoms with Crippen LogP contribution in [0.25, 0.3) is 11.0 Å². The van der Waals surface area contributed by atoms with Crippen molar-refractivity contribution < 1.29 is 4.74 Å². The predicted molar refractivity (Wildman–Crippen MR) is 79.1 cm³/mol. The Bertz CT molecular complexity index is 694. The van der Waals surface area contributed by atoms with Crippen molar-refractivity contribution in [3.8, 4) is 0 Å². The van der Waals surface area contributed by atoms with E-state index in [0.717, 1.165) is 36.5 Å². The zero-order chi connectivity index (χ0) is 14.0. The van der Waals surface area contributed by atoms with Crippen LogP contribution >= 0.6 is 0 Å². The van der Waals surface area contributed by atoms with Crippen molar-refractivity contribution in [2.24, 2.45) is 0 Å². The summed E-state index contributed by atoms with van der Waals surface area (Å²) in [4.78, 5) is 17.0. The fourth-order valence-corrected chi connectivity index (χ4v) is 3.77. The number of fused-ring (bicyclic) bond motifs is 1. The highest BCUT2D eigenvalue weighted by Crippen LogP contribution is 2.49. The molecule has 0 radical (unpaired) electrons. The second-order valence-corrected chi connectivity index (χ2v) is 6.51. The third kappa shape index (κ3) is 1.72. The van der Waals surface area contributed by atoms with E-state index in [4.69, 9.17) is 4.74 Å². The van der Waals surface area contributed by atoms with E-state index in [1.165, 1.54) is 12.8 Å². The van der Waals surface area contributed by atoms with Crippen LogP contribution in [-0.4, -0.2) is 57.4 Å². The summed E-state index contributed by atoms with van der Waals surface area (Å²) in [6.07, 6.45) is 6.91. The lowest BCUT2D eigenvalue weighted by Crippen LogP contribution is -2.56. The van der Waals surface area contributed by atoms with Gasteiger partial charge >= 0.3 is 0 Å². The van der Waals surface area contributed by atoms with Crippen LogP contribution < -0.4 is 4.90 Å².